The molecule has 0 aliphatic carbocycles. The highest BCUT2D eigenvalue weighted by atomic mass is 35.5. The molecule has 0 aromatic heterocycles. The average Bonchev–Trinajstić information content (AvgIpc) is 2.43. The number of hydrogen-bond donors (Lipinski definition) is 1. The molecule has 21 heavy (non-hydrogen) atoms. The third-order valence-electron chi connectivity index (χ3n) is 3.19. The van der Waals surface area contributed by atoms with Gasteiger partial charge in [0.1, 0.15) is 0 Å². The molecule has 2 rings (SSSR count). The predicted molar refractivity (Wildman–Crippen MR) is 86.4 cm³/mol. The maximum atomic E-state index is 12.4. The number of nitrogens with two attached hydrogens (primary N) is 1. The van der Waals surface area contributed by atoms with Crippen LogP contribution in [0.1, 0.15) is 11.1 Å². The summed E-state index contributed by atoms with van der Waals surface area (Å²) in [5, 5.41) is 0.626. The van der Waals surface area contributed by atoms with Gasteiger partial charge in [0.2, 0.25) is 10.0 Å². The lowest BCUT2D eigenvalue weighted by Crippen LogP contribution is -2.28. The van der Waals surface area contributed by atoms with Gasteiger partial charge in [-0.05, 0) is 29.3 Å². The molecule has 0 fully saturated rings. The first kappa shape index (κ1) is 15.8. The van der Waals surface area contributed by atoms with Gasteiger partial charge in [-0.2, -0.15) is 0 Å². The highest BCUT2D eigenvalue weighted by Gasteiger charge is 2.19. The van der Waals surface area contributed by atoms with E-state index in [9.17, 15) is 8.42 Å². The average molecular weight is 325 g/mol. The quantitative estimate of drug-likeness (QED) is 0.860. The SMILES string of the molecule is CN(Cc1ccc(Cl)cc1)S(=O)(=O)Cc1ccccc1N. The van der Waals surface area contributed by atoms with E-state index >= 15 is 0 Å². The fourth-order valence-electron chi connectivity index (χ4n) is 1.92. The molecule has 0 aliphatic rings. The van der Waals surface area contributed by atoms with Crippen molar-refractivity contribution in [2.75, 3.05) is 12.8 Å². The normalized spacial score (nSPS) is 11.8. The van der Waals surface area contributed by atoms with Crippen molar-refractivity contribution in [2.24, 2.45) is 0 Å². The van der Waals surface area contributed by atoms with Crippen LogP contribution in [-0.2, 0) is 22.3 Å². The summed E-state index contributed by atoms with van der Waals surface area (Å²) < 4.78 is 26.1. The Kier molecular flexibility index (Phi) is 4.88. The molecule has 4 nitrogen and oxygen atoms in total. The van der Waals surface area contributed by atoms with Crippen molar-refractivity contribution in [3.8, 4) is 0 Å². The summed E-state index contributed by atoms with van der Waals surface area (Å²) in [4.78, 5) is 0. The van der Waals surface area contributed by atoms with Crippen LogP contribution in [-0.4, -0.2) is 19.8 Å². The van der Waals surface area contributed by atoms with Crippen molar-refractivity contribution in [2.45, 2.75) is 12.3 Å². The number of rotatable bonds is 5. The zero-order valence-corrected chi connectivity index (χ0v) is 13.2. The van der Waals surface area contributed by atoms with E-state index in [2.05, 4.69) is 0 Å². The second kappa shape index (κ2) is 6.47. The standard InChI is InChI=1S/C15H17ClN2O2S/c1-18(10-12-6-8-14(16)9-7-12)21(19,20)11-13-4-2-3-5-15(13)17/h2-9H,10-11,17H2,1H3. The lowest BCUT2D eigenvalue weighted by Gasteiger charge is -2.18. The van der Waals surface area contributed by atoms with E-state index in [0.717, 1.165) is 5.56 Å². The van der Waals surface area contributed by atoms with Crippen LogP contribution < -0.4 is 5.73 Å². The number of benzene rings is 2. The molecule has 6 heteroatoms. The third-order valence-corrected chi connectivity index (χ3v) is 5.19. The van der Waals surface area contributed by atoms with Gasteiger partial charge in [-0.25, -0.2) is 12.7 Å². The number of nitrogens with zero attached hydrogens (tertiary/aromatic N) is 1. The van der Waals surface area contributed by atoms with Gasteiger partial charge in [0.05, 0.1) is 5.75 Å². The maximum absolute atomic E-state index is 12.4. The molecule has 0 saturated carbocycles. The smallest absolute Gasteiger partial charge is 0.218 e. The summed E-state index contributed by atoms with van der Waals surface area (Å²) in [6.07, 6.45) is 0. The molecule has 0 heterocycles. The van der Waals surface area contributed by atoms with E-state index in [1.54, 1.807) is 43.4 Å². The Hall–Kier alpha value is -1.56. The summed E-state index contributed by atoms with van der Waals surface area (Å²) in [5.74, 6) is -0.107. The Balaban J connectivity index is 2.12. The van der Waals surface area contributed by atoms with Gasteiger partial charge in [-0.15, -0.1) is 0 Å². The number of sulfonamides is 1. The molecule has 0 bridgehead atoms. The van der Waals surface area contributed by atoms with Crippen molar-refractivity contribution in [3.05, 3.63) is 64.7 Å². The molecule has 2 aromatic rings. The second-order valence-corrected chi connectivity index (χ2v) is 7.35. The summed E-state index contributed by atoms with van der Waals surface area (Å²) in [5.41, 5.74) is 7.78. The summed E-state index contributed by atoms with van der Waals surface area (Å²) in [6, 6.07) is 14.1. The van der Waals surface area contributed by atoms with Gasteiger partial charge in [-0.1, -0.05) is 41.9 Å². The van der Waals surface area contributed by atoms with Crippen molar-refractivity contribution < 1.29 is 8.42 Å². The monoisotopic (exact) mass is 324 g/mol. The Labute approximate surface area is 130 Å². The summed E-state index contributed by atoms with van der Waals surface area (Å²) >= 11 is 5.82. The molecule has 2 aromatic carbocycles. The Morgan fingerprint density at radius 1 is 1.10 bits per heavy atom. The van der Waals surface area contributed by atoms with E-state index in [1.165, 1.54) is 4.31 Å². The highest BCUT2D eigenvalue weighted by Crippen LogP contribution is 2.18. The first-order valence-electron chi connectivity index (χ1n) is 6.40. The van der Waals surface area contributed by atoms with Crippen LogP contribution in [0.25, 0.3) is 0 Å². The topological polar surface area (TPSA) is 63.4 Å². The van der Waals surface area contributed by atoms with Gasteiger partial charge in [0.15, 0.2) is 0 Å². The predicted octanol–water partition coefficient (Wildman–Crippen LogP) is 2.88. The van der Waals surface area contributed by atoms with E-state index < -0.39 is 10.0 Å². The van der Waals surface area contributed by atoms with Crippen molar-refractivity contribution >= 4 is 27.3 Å². The molecule has 112 valence electrons. The van der Waals surface area contributed by atoms with Gasteiger partial charge in [0, 0.05) is 24.3 Å². The van der Waals surface area contributed by atoms with Crippen LogP contribution in [0, 0.1) is 0 Å². The van der Waals surface area contributed by atoms with Crippen molar-refractivity contribution in [3.63, 3.8) is 0 Å². The number of hydrogen-bond acceptors (Lipinski definition) is 3. The van der Waals surface area contributed by atoms with Gasteiger partial charge < -0.3 is 5.73 Å². The van der Waals surface area contributed by atoms with Gasteiger partial charge in [0.25, 0.3) is 0 Å². The van der Waals surface area contributed by atoms with Crippen molar-refractivity contribution in [1.29, 1.82) is 0 Å². The molecule has 0 unspecified atom stereocenters. The number of nitrogen functional groups attached to an aromatic ring is 1. The fourth-order valence-corrected chi connectivity index (χ4v) is 3.27. The Morgan fingerprint density at radius 3 is 2.33 bits per heavy atom. The molecule has 0 aliphatic heterocycles. The van der Waals surface area contributed by atoms with E-state index in [0.29, 0.717) is 22.8 Å². The minimum Gasteiger partial charge on any atom is -0.398 e. The summed E-state index contributed by atoms with van der Waals surface area (Å²) in [6.45, 7) is 0.298. The van der Waals surface area contributed by atoms with Gasteiger partial charge in [-0.3, -0.25) is 0 Å². The van der Waals surface area contributed by atoms with E-state index in [1.807, 2.05) is 12.1 Å². The van der Waals surface area contributed by atoms with E-state index in [4.69, 9.17) is 17.3 Å². The third kappa shape index (κ3) is 4.20. The Bertz CT molecular complexity index is 715. The van der Waals surface area contributed by atoms with Crippen LogP contribution in [0.15, 0.2) is 48.5 Å². The molecule has 0 atom stereocenters. The molecule has 0 amide bonds. The van der Waals surface area contributed by atoms with Crippen LogP contribution in [0.2, 0.25) is 5.02 Å². The minimum absolute atomic E-state index is 0.107. The molecule has 2 N–H and O–H groups in total. The van der Waals surface area contributed by atoms with Gasteiger partial charge >= 0.3 is 0 Å². The number of para-hydroxylation sites is 1. The minimum atomic E-state index is -3.42. The lowest BCUT2D eigenvalue weighted by molar-refractivity contribution is 0.466. The van der Waals surface area contributed by atoms with Crippen molar-refractivity contribution in [1.82, 2.24) is 4.31 Å². The zero-order valence-electron chi connectivity index (χ0n) is 11.7. The number of halogens is 1. The molecule has 0 spiro atoms. The number of anilines is 1. The second-order valence-electron chi connectivity index (χ2n) is 4.84. The van der Waals surface area contributed by atoms with Crippen LogP contribution >= 0.6 is 11.6 Å². The largest absolute Gasteiger partial charge is 0.398 e. The highest BCUT2D eigenvalue weighted by molar-refractivity contribution is 7.88. The van der Waals surface area contributed by atoms with Crippen LogP contribution in [0.4, 0.5) is 5.69 Å². The van der Waals surface area contributed by atoms with E-state index in [-0.39, 0.29) is 5.75 Å². The van der Waals surface area contributed by atoms with Crippen LogP contribution in [0.3, 0.4) is 0 Å². The molecular weight excluding hydrogens is 308 g/mol. The molecular formula is C15H17ClN2O2S. The summed E-state index contributed by atoms with van der Waals surface area (Å²) in [7, 11) is -1.87. The Morgan fingerprint density at radius 2 is 1.71 bits per heavy atom. The first-order chi connectivity index (χ1) is 9.88. The zero-order chi connectivity index (χ0) is 15.5. The fraction of sp³-hybridized carbons (Fsp3) is 0.200. The first-order valence-corrected chi connectivity index (χ1v) is 8.39. The maximum Gasteiger partial charge on any atom is 0.218 e. The van der Waals surface area contributed by atoms with Crippen LogP contribution in [0.5, 0.6) is 0 Å². The molecule has 0 radical (unpaired) electrons. The lowest BCUT2D eigenvalue weighted by atomic mass is 10.2. The molecule has 0 saturated heterocycles.